The highest BCUT2D eigenvalue weighted by atomic mass is 32.2. The maximum absolute atomic E-state index is 13.8. The van der Waals surface area contributed by atoms with Gasteiger partial charge in [-0.05, 0) is 41.9 Å². The minimum Gasteiger partial charge on any atom is -0.279 e. The molecule has 0 aliphatic rings. The van der Waals surface area contributed by atoms with Gasteiger partial charge in [-0.25, -0.2) is 30.4 Å². The number of hydrogen-bond donors (Lipinski definition) is 1. The Balaban J connectivity index is 2.38. The Hall–Kier alpha value is -2.16. The van der Waals surface area contributed by atoms with Gasteiger partial charge in [-0.15, -0.1) is 0 Å². The van der Waals surface area contributed by atoms with Gasteiger partial charge in [0.15, 0.2) is 28.2 Å². The van der Waals surface area contributed by atoms with Gasteiger partial charge >= 0.3 is 0 Å². The highest BCUT2D eigenvalue weighted by Crippen LogP contribution is 2.32. The molecule has 0 heterocycles. The minimum atomic E-state index is -5.05. The van der Waals surface area contributed by atoms with Crippen molar-refractivity contribution < 1.29 is 30.4 Å². The van der Waals surface area contributed by atoms with Crippen LogP contribution in [0, 0.1) is 40.9 Å². The van der Waals surface area contributed by atoms with Crippen molar-refractivity contribution in [3.8, 4) is 0 Å². The van der Waals surface area contributed by atoms with E-state index in [-0.39, 0.29) is 11.6 Å². The Morgan fingerprint density at radius 3 is 1.66 bits per heavy atom. The van der Waals surface area contributed by atoms with E-state index in [0.29, 0.717) is 11.8 Å². The third-order valence-corrected chi connectivity index (χ3v) is 5.96. The van der Waals surface area contributed by atoms with Gasteiger partial charge in [-0.3, -0.25) is 4.72 Å². The number of nitrogens with one attached hydrogen (secondary N) is 1. The first-order valence-electron chi connectivity index (χ1n) is 9.01. The van der Waals surface area contributed by atoms with Crippen molar-refractivity contribution in [2.24, 2.45) is 11.8 Å². The second-order valence-corrected chi connectivity index (χ2v) is 9.23. The lowest BCUT2D eigenvalue weighted by Crippen LogP contribution is -2.19. The topological polar surface area (TPSA) is 46.2 Å². The van der Waals surface area contributed by atoms with Gasteiger partial charge in [0.2, 0.25) is 5.82 Å². The molecule has 2 aromatic rings. The number of hydrogen-bond acceptors (Lipinski definition) is 2. The smallest absolute Gasteiger partial charge is 0.267 e. The summed E-state index contributed by atoms with van der Waals surface area (Å²) in [5.74, 6) is -10.9. The molecule has 9 heteroatoms. The molecule has 0 fully saturated rings. The second-order valence-electron chi connectivity index (χ2n) is 7.61. The van der Waals surface area contributed by atoms with Crippen molar-refractivity contribution in [3.05, 3.63) is 58.9 Å². The van der Waals surface area contributed by atoms with Gasteiger partial charge in [-0.2, -0.15) is 0 Å². The van der Waals surface area contributed by atoms with Crippen LogP contribution in [0.3, 0.4) is 0 Å². The van der Waals surface area contributed by atoms with Gasteiger partial charge in [-0.1, -0.05) is 39.8 Å². The minimum absolute atomic E-state index is 0.0651. The van der Waals surface area contributed by atoms with Crippen LogP contribution in [-0.4, -0.2) is 8.42 Å². The van der Waals surface area contributed by atoms with Gasteiger partial charge < -0.3 is 0 Å². The van der Waals surface area contributed by atoms with E-state index in [2.05, 4.69) is 27.7 Å². The molecule has 0 radical (unpaired) electrons. The summed E-state index contributed by atoms with van der Waals surface area (Å²) in [6.45, 7) is 8.30. The molecule has 1 N–H and O–H groups in total. The summed E-state index contributed by atoms with van der Waals surface area (Å²) >= 11 is 0. The van der Waals surface area contributed by atoms with E-state index in [0.717, 1.165) is 12.0 Å². The summed E-state index contributed by atoms with van der Waals surface area (Å²) in [7, 11) is -5.05. The lowest BCUT2D eigenvalue weighted by Gasteiger charge is -2.23. The van der Waals surface area contributed by atoms with Crippen LogP contribution >= 0.6 is 0 Å². The molecule has 1 atom stereocenters. The first-order valence-corrected chi connectivity index (χ1v) is 10.5. The van der Waals surface area contributed by atoms with E-state index in [4.69, 9.17) is 0 Å². The largest absolute Gasteiger partial charge is 0.279 e. The van der Waals surface area contributed by atoms with Crippen LogP contribution in [-0.2, 0) is 10.0 Å². The molecule has 2 aromatic carbocycles. The SMILES string of the molecule is CC(C)CC(c1ccc(NS(=O)(=O)c2c(F)c(F)c(F)c(F)c2F)cc1)C(C)C. The molecule has 0 aliphatic heterocycles. The molecule has 3 nitrogen and oxygen atoms in total. The molecule has 1 unspecified atom stereocenters. The molecule has 160 valence electrons. The normalized spacial score (nSPS) is 13.2. The summed E-state index contributed by atoms with van der Waals surface area (Å²) in [6.07, 6.45) is 0.910. The number of halogens is 5. The Kier molecular flexibility index (Phi) is 6.93. The maximum atomic E-state index is 13.8. The first-order chi connectivity index (χ1) is 13.4. The van der Waals surface area contributed by atoms with E-state index in [1.807, 2.05) is 4.72 Å². The van der Waals surface area contributed by atoms with E-state index in [1.54, 1.807) is 12.1 Å². The summed E-state index contributed by atoms with van der Waals surface area (Å²) in [4.78, 5) is -1.92. The van der Waals surface area contributed by atoms with E-state index in [1.165, 1.54) is 12.1 Å². The fraction of sp³-hybridized carbons (Fsp3) is 0.400. The highest BCUT2D eigenvalue weighted by molar-refractivity contribution is 7.92. The van der Waals surface area contributed by atoms with Crippen LogP contribution in [0.4, 0.5) is 27.6 Å². The van der Waals surface area contributed by atoms with Crippen LogP contribution in [0.5, 0.6) is 0 Å². The van der Waals surface area contributed by atoms with Gasteiger partial charge in [0.1, 0.15) is 0 Å². The van der Waals surface area contributed by atoms with Crippen molar-refractivity contribution in [2.75, 3.05) is 4.72 Å². The third-order valence-electron chi connectivity index (χ3n) is 4.56. The monoisotopic (exact) mass is 435 g/mol. The van der Waals surface area contributed by atoms with Crippen molar-refractivity contribution in [1.82, 2.24) is 0 Å². The molecule has 2 rings (SSSR count). The van der Waals surface area contributed by atoms with Crippen molar-refractivity contribution >= 4 is 15.7 Å². The van der Waals surface area contributed by atoms with Gasteiger partial charge in [0.25, 0.3) is 10.0 Å². The van der Waals surface area contributed by atoms with Gasteiger partial charge in [0, 0.05) is 5.69 Å². The molecular weight excluding hydrogens is 413 g/mol. The van der Waals surface area contributed by atoms with E-state index >= 15 is 0 Å². The van der Waals surface area contributed by atoms with Crippen LogP contribution < -0.4 is 4.72 Å². The molecular formula is C20H22F5NO2S. The van der Waals surface area contributed by atoms with Crippen molar-refractivity contribution in [1.29, 1.82) is 0 Å². The average Bonchev–Trinajstić information content (AvgIpc) is 2.63. The summed E-state index contributed by atoms with van der Waals surface area (Å²) < 4.78 is 93.9. The molecule has 0 aromatic heterocycles. The summed E-state index contributed by atoms with van der Waals surface area (Å²) in [6, 6.07) is 6.11. The Morgan fingerprint density at radius 2 is 1.24 bits per heavy atom. The molecule has 0 saturated carbocycles. The lowest BCUT2D eigenvalue weighted by molar-refractivity contribution is 0.358. The number of sulfonamides is 1. The van der Waals surface area contributed by atoms with Gasteiger partial charge in [0.05, 0.1) is 0 Å². The van der Waals surface area contributed by atoms with Crippen LogP contribution in [0.25, 0.3) is 0 Å². The summed E-state index contributed by atoms with van der Waals surface area (Å²) in [5.41, 5.74) is 0.887. The van der Waals surface area contributed by atoms with E-state index in [9.17, 15) is 30.4 Å². The zero-order chi connectivity index (χ0) is 22.1. The lowest BCUT2D eigenvalue weighted by atomic mass is 9.82. The molecule has 0 amide bonds. The fourth-order valence-corrected chi connectivity index (χ4v) is 4.33. The average molecular weight is 435 g/mol. The van der Waals surface area contributed by atoms with Crippen LogP contribution in [0.2, 0.25) is 0 Å². The molecule has 0 aliphatic carbocycles. The highest BCUT2D eigenvalue weighted by Gasteiger charge is 2.33. The van der Waals surface area contributed by atoms with Crippen molar-refractivity contribution in [3.63, 3.8) is 0 Å². The Labute approximate surface area is 167 Å². The number of rotatable bonds is 7. The second kappa shape index (κ2) is 8.69. The molecule has 0 saturated heterocycles. The fourth-order valence-electron chi connectivity index (χ4n) is 3.13. The zero-order valence-electron chi connectivity index (χ0n) is 16.4. The molecule has 0 bridgehead atoms. The Morgan fingerprint density at radius 1 is 0.793 bits per heavy atom. The van der Waals surface area contributed by atoms with Crippen LogP contribution in [0.15, 0.2) is 29.2 Å². The zero-order valence-corrected chi connectivity index (χ0v) is 17.2. The predicted molar refractivity (Wildman–Crippen MR) is 101 cm³/mol. The number of anilines is 1. The quantitative estimate of drug-likeness (QED) is 0.331. The summed E-state index contributed by atoms with van der Waals surface area (Å²) in [5, 5.41) is 0. The van der Waals surface area contributed by atoms with Crippen molar-refractivity contribution in [2.45, 2.75) is 44.9 Å². The maximum Gasteiger partial charge on any atom is 0.267 e. The molecule has 29 heavy (non-hydrogen) atoms. The standard InChI is InChI=1S/C20H22F5NO2S/c1-10(2)9-14(11(3)4)12-5-7-13(8-6-12)26-29(27,28)20-18(24)16(22)15(21)17(23)19(20)25/h5-8,10-11,14,26H,9H2,1-4H3. The number of benzene rings is 2. The van der Waals surface area contributed by atoms with E-state index < -0.39 is 44.0 Å². The molecule has 0 spiro atoms. The van der Waals surface area contributed by atoms with Crippen LogP contribution in [0.1, 0.15) is 45.6 Å². The predicted octanol–water partition coefficient (Wildman–Crippen LogP) is 5.97. The first kappa shape index (κ1) is 23.1. The third kappa shape index (κ3) is 4.88. The Bertz CT molecular complexity index is 960.